The maximum absolute atomic E-state index is 13.2. The fourth-order valence-electron chi connectivity index (χ4n) is 2.67. The van der Waals surface area contributed by atoms with Crippen LogP contribution in [0.3, 0.4) is 0 Å². The highest BCUT2D eigenvalue weighted by atomic mass is 32.2. The lowest BCUT2D eigenvalue weighted by Gasteiger charge is -2.18. The number of thioether (sulfide) groups is 1. The third-order valence-electron chi connectivity index (χ3n) is 4.17. The number of alkyl halides is 3. The second-order valence-corrected chi connectivity index (χ2v) is 8.39. The van der Waals surface area contributed by atoms with Gasteiger partial charge in [-0.1, -0.05) is 57.2 Å². The molecule has 1 amide bonds. The molecule has 0 bridgehead atoms. The van der Waals surface area contributed by atoms with E-state index in [4.69, 9.17) is 0 Å². The van der Waals surface area contributed by atoms with E-state index in [9.17, 15) is 18.0 Å². The number of nitrogens with one attached hydrogen (secondary N) is 1. The molecule has 1 aliphatic rings. The fraction of sp³-hybridized carbons (Fsp3) is 0.238. The molecule has 0 aliphatic carbocycles. The molecule has 0 aromatic heterocycles. The quantitative estimate of drug-likeness (QED) is 0.618. The van der Waals surface area contributed by atoms with Crippen molar-refractivity contribution in [1.29, 1.82) is 0 Å². The van der Waals surface area contributed by atoms with Gasteiger partial charge >= 0.3 is 6.18 Å². The third kappa shape index (κ3) is 4.65. The van der Waals surface area contributed by atoms with Crippen molar-refractivity contribution in [1.82, 2.24) is 5.32 Å². The predicted octanol–water partition coefficient (Wildman–Crippen LogP) is 6.53. The van der Waals surface area contributed by atoms with E-state index in [0.717, 1.165) is 29.0 Å². The smallest absolute Gasteiger partial charge is 0.300 e. The summed E-state index contributed by atoms with van der Waals surface area (Å²) in [7, 11) is 0. The number of carbonyl (C=O) groups excluding carboxylic acids is 1. The van der Waals surface area contributed by atoms with Crippen LogP contribution in [0.4, 0.5) is 23.7 Å². The van der Waals surface area contributed by atoms with E-state index in [1.165, 1.54) is 18.2 Å². The molecule has 28 heavy (non-hydrogen) atoms. The monoisotopic (exact) mass is 404 g/mol. The van der Waals surface area contributed by atoms with E-state index in [0.29, 0.717) is 4.91 Å². The summed E-state index contributed by atoms with van der Waals surface area (Å²) in [6, 6.07) is 12.9. The lowest BCUT2D eigenvalue weighted by molar-refractivity contribution is -0.137. The van der Waals surface area contributed by atoms with Crippen LogP contribution >= 0.6 is 11.8 Å². The second kappa shape index (κ2) is 7.47. The summed E-state index contributed by atoms with van der Waals surface area (Å²) < 4.78 is 39.6. The summed E-state index contributed by atoms with van der Waals surface area (Å²) >= 11 is 0.910. The van der Waals surface area contributed by atoms with Crippen molar-refractivity contribution < 1.29 is 18.0 Å². The molecule has 7 heteroatoms. The molecule has 1 N–H and O–H groups in total. The van der Waals surface area contributed by atoms with Gasteiger partial charge in [0.1, 0.15) is 5.84 Å². The summed E-state index contributed by atoms with van der Waals surface area (Å²) in [5.74, 6) is 0.117. The number of hydrogen-bond donors (Lipinski definition) is 1. The van der Waals surface area contributed by atoms with Crippen molar-refractivity contribution in [3.63, 3.8) is 0 Å². The zero-order valence-corrected chi connectivity index (χ0v) is 16.4. The van der Waals surface area contributed by atoms with Crippen molar-refractivity contribution in [2.24, 2.45) is 4.99 Å². The number of amides is 1. The molecule has 1 fully saturated rings. The number of amidine groups is 1. The van der Waals surface area contributed by atoms with Crippen LogP contribution in [0.2, 0.25) is 0 Å². The first kappa shape index (κ1) is 20.2. The Kier molecular flexibility index (Phi) is 5.39. The minimum atomic E-state index is -4.52. The van der Waals surface area contributed by atoms with E-state index < -0.39 is 11.7 Å². The number of aliphatic imine (C=N–C) groups is 1. The Morgan fingerprint density at radius 1 is 1.00 bits per heavy atom. The van der Waals surface area contributed by atoms with E-state index in [1.54, 1.807) is 6.08 Å². The Hall–Kier alpha value is -2.54. The van der Waals surface area contributed by atoms with E-state index >= 15 is 0 Å². The molecule has 3 nitrogen and oxygen atoms in total. The standard InChI is InChI=1S/C21H19F3N2OS/c1-20(2,3)14-10-8-13(9-11-14)12-17-18(26-19(27)28-17)25-16-7-5-4-6-15(16)21(22,23)24/h4-12H,1-3H3,(H,25,26,27)/b17-12-. The van der Waals surface area contributed by atoms with Crippen molar-refractivity contribution >= 4 is 34.6 Å². The number of halogens is 3. The van der Waals surface area contributed by atoms with Gasteiger partial charge < -0.3 is 5.32 Å². The highest BCUT2D eigenvalue weighted by molar-refractivity contribution is 8.18. The van der Waals surface area contributed by atoms with Gasteiger partial charge in [0.25, 0.3) is 5.24 Å². The largest absolute Gasteiger partial charge is 0.418 e. The van der Waals surface area contributed by atoms with Gasteiger partial charge in [0.15, 0.2) is 0 Å². The molecule has 0 unspecified atom stereocenters. The van der Waals surface area contributed by atoms with Crippen LogP contribution in [0.5, 0.6) is 0 Å². The molecule has 1 saturated heterocycles. The van der Waals surface area contributed by atoms with Gasteiger partial charge in [-0.05, 0) is 46.5 Å². The molecule has 0 atom stereocenters. The van der Waals surface area contributed by atoms with Gasteiger partial charge in [0, 0.05) is 0 Å². The van der Waals surface area contributed by atoms with Gasteiger partial charge in [-0.15, -0.1) is 0 Å². The molecular formula is C21H19F3N2OS. The maximum Gasteiger partial charge on any atom is 0.418 e. The average Bonchev–Trinajstić information content (AvgIpc) is 2.93. The Morgan fingerprint density at radius 2 is 1.64 bits per heavy atom. The van der Waals surface area contributed by atoms with Gasteiger partial charge in [0.05, 0.1) is 16.2 Å². The van der Waals surface area contributed by atoms with Crippen molar-refractivity contribution in [2.75, 3.05) is 0 Å². The molecule has 1 heterocycles. The molecule has 2 aromatic carbocycles. The van der Waals surface area contributed by atoms with Crippen LogP contribution in [-0.2, 0) is 11.6 Å². The molecular weight excluding hydrogens is 385 g/mol. The summed E-state index contributed by atoms with van der Waals surface area (Å²) in [4.78, 5) is 16.4. The van der Waals surface area contributed by atoms with Crippen molar-refractivity contribution in [3.05, 3.63) is 70.1 Å². The molecule has 0 saturated carbocycles. The summed E-state index contributed by atoms with van der Waals surface area (Å²) in [5.41, 5.74) is 0.934. The van der Waals surface area contributed by atoms with E-state index in [1.807, 2.05) is 24.3 Å². The normalized spacial score (nSPS) is 18.0. The average molecular weight is 404 g/mol. The number of nitrogens with zero attached hydrogens (tertiary/aromatic N) is 1. The van der Waals surface area contributed by atoms with Crippen LogP contribution < -0.4 is 5.32 Å². The molecule has 146 valence electrons. The van der Waals surface area contributed by atoms with Gasteiger partial charge in [-0.25, -0.2) is 4.99 Å². The molecule has 1 aliphatic heterocycles. The van der Waals surface area contributed by atoms with Gasteiger partial charge in [-0.3, -0.25) is 4.79 Å². The third-order valence-corrected chi connectivity index (χ3v) is 4.99. The molecule has 0 spiro atoms. The van der Waals surface area contributed by atoms with Crippen LogP contribution in [0.25, 0.3) is 6.08 Å². The lowest BCUT2D eigenvalue weighted by atomic mass is 9.87. The summed E-state index contributed by atoms with van der Waals surface area (Å²) in [6.07, 6.45) is -2.78. The lowest BCUT2D eigenvalue weighted by Crippen LogP contribution is -2.19. The Morgan fingerprint density at radius 3 is 2.25 bits per heavy atom. The van der Waals surface area contributed by atoms with Crippen LogP contribution in [0, 0.1) is 0 Å². The zero-order valence-electron chi connectivity index (χ0n) is 15.6. The van der Waals surface area contributed by atoms with Gasteiger partial charge in [-0.2, -0.15) is 13.2 Å². The molecule has 3 rings (SSSR count). The molecule has 2 aromatic rings. The number of hydrogen-bond acceptors (Lipinski definition) is 3. The Labute approximate surface area is 165 Å². The van der Waals surface area contributed by atoms with Crippen molar-refractivity contribution in [2.45, 2.75) is 32.4 Å². The first-order valence-electron chi connectivity index (χ1n) is 8.60. The highest BCUT2D eigenvalue weighted by Crippen LogP contribution is 2.37. The van der Waals surface area contributed by atoms with E-state index in [2.05, 4.69) is 31.1 Å². The Bertz CT molecular complexity index is 955. The number of rotatable bonds is 2. The highest BCUT2D eigenvalue weighted by Gasteiger charge is 2.34. The second-order valence-electron chi connectivity index (χ2n) is 7.37. The van der Waals surface area contributed by atoms with E-state index in [-0.39, 0.29) is 22.2 Å². The first-order valence-corrected chi connectivity index (χ1v) is 9.42. The minimum absolute atomic E-state index is 0.0131. The maximum atomic E-state index is 13.2. The Balaban J connectivity index is 1.97. The SMILES string of the molecule is CC(C)(C)c1ccc(/C=C2\SC(=O)NC2=Nc2ccccc2C(F)(F)F)cc1. The fourth-order valence-corrected chi connectivity index (χ4v) is 3.41. The number of para-hydroxylation sites is 1. The van der Waals surface area contributed by atoms with Gasteiger partial charge in [0.2, 0.25) is 0 Å². The number of benzene rings is 2. The van der Waals surface area contributed by atoms with Crippen LogP contribution in [0.1, 0.15) is 37.5 Å². The first-order chi connectivity index (χ1) is 13.0. The molecule has 0 radical (unpaired) electrons. The predicted molar refractivity (Wildman–Crippen MR) is 108 cm³/mol. The topological polar surface area (TPSA) is 41.5 Å². The minimum Gasteiger partial charge on any atom is -0.300 e. The zero-order chi connectivity index (χ0) is 20.5. The summed E-state index contributed by atoms with van der Waals surface area (Å²) in [5, 5.41) is 2.15. The number of carbonyl (C=O) groups is 1. The van der Waals surface area contributed by atoms with Crippen LogP contribution in [0.15, 0.2) is 58.4 Å². The summed E-state index contributed by atoms with van der Waals surface area (Å²) in [6.45, 7) is 6.33. The van der Waals surface area contributed by atoms with Crippen molar-refractivity contribution in [3.8, 4) is 0 Å². The van der Waals surface area contributed by atoms with Crippen LogP contribution in [-0.4, -0.2) is 11.1 Å².